The molecule has 0 fully saturated rings. The first kappa shape index (κ1) is 34.8. The second kappa shape index (κ2) is 13.6. The predicted octanol–water partition coefficient (Wildman–Crippen LogP) is 12.9. The quantitative estimate of drug-likeness (QED) is 0.127. The van der Waals surface area contributed by atoms with Crippen LogP contribution in [0.25, 0.3) is 43.7 Å². The van der Waals surface area contributed by atoms with Gasteiger partial charge in [-0.1, -0.05) is 183 Å². The molecule has 0 N–H and O–H groups in total. The Labute approximate surface area is 344 Å². The highest BCUT2D eigenvalue weighted by Crippen LogP contribution is 2.56. The molecule has 0 radical (unpaired) electrons. The van der Waals surface area contributed by atoms with Crippen LogP contribution in [-0.2, 0) is 5.41 Å². The van der Waals surface area contributed by atoms with Gasteiger partial charge in [-0.2, -0.15) is 4.99 Å². The lowest BCUT2D eigenvalue weighted by molar-refractivity contribution is 0.449. The molecule has 11 rings (SSSR count). The molecule has 0 aliphatic heterocycles. The van der Waals surface area contributed by atoms with Crippen molar-refractivity contribution < 1.29 is 0 Å². The van der Waals surface area contributed by atoms with Gasteiger partial charge in [-0.15, -0.1) is 0 Å². The Morgan fingerprint density at radius 1 is 0.610 bits per heavy atom. The summed E-state index contributed by atoms with van der Waals surface area (Å²) in [6.07, 6.45) is 15.3. The van der Waals surface area contributed by atoms with Crippen LogP contribution in [-0.4, -0.2) is 23.1 Å². The Morgan fingerprint density at radius 3 is 2.10 bits per heavy atom. The Bertz CT molecular complexity index is 3160. The van der Waals surface area contributed by atoms with Crippen LogP contribution in [0.3, 0.4) is 0 Å². The van der Waals surface area contributed by atoms with Crippen LogP contribution < -0.4 is 0 Å². The molecule has 4 heteroatoms. The van der Waals surface area contributed by atoms with Crippen molar-refractivity contribution >= 4 is 51.1 Å². The number of rotatable bonds is 4. The molecule has 59 heavy (non-hydrogen) atoms. The molecule has 0 saturated carbocycles. The first-order valence-electron chi connectivity index (χ1n) is 20.2. The maximum atomic E-state index is 5.40. The third-order valence-electron chi connectivity index (χ3n) is 12.6. The third kappa shape index (κ3) is 5.40. The number of fused-ring (bicyclic) bond motifs is 8. The van der Waals surface area contributed by atoms with Gasteiger partial charge in [-0.05, 0) is 81.2 Å². The molecule has 0 bridgehead atoms. The van der Waals surface area contributed by atoms with E-state index >= 15 is 0 Å². The van der Waals surface area contributed by atoms with E-state index in [1.54, 1.807) is 0 Å². The summed E-state index contributed by atoms with van der Waals surface area (Å²) < 4.78 is 2.17. The Balaban J connectivity index is 1.17. The average Bonchev–Trinajstić information content (AvgIpc) is 3.78. The minimum absolute atomic E-state index is 0.185. The average molecular weight is 757 g/mol. The summed E-state index contributed by atoms with van der Waals surface area (Å²) in [6, 6.07) is 58.9. The van der Waals surface area contributed by atoms with E-state index in [-0.39, 0.29) is 11.3 Å². The minimum atomic E-state index is -0.558. The first-order chi connectivity index (χ1) is 29.0. The van der Waals surface area contributed by atoms with E-state index in [9.17, 15) is 0 Å². The fourth-order valence-corrected chi connectivity index (χ4v) is 9.81. The van der Waals surface area contributed by atoms with Gasteiger partial charge < -0.3 is 0 Å². The number of aliphatic imine (C=N–C) groups is 3. The lowest BCUT2D eigenvalue weighted by atomic mass is 9.67. The fraction of sp³-hybridized carbons (Fsp3) is 0.0727. The molecule has 2 unspecified atom stereocenters. The molecule has 1 aromatic heterocycles. The molecule has 0 spiro atoms. The molecule has 2 atom stereocenters. The number of hydrogen-bond donors (Lipinski definition) is 0. The van der Waals surface area contributed by atoms with Crippen LogP contribution in [0, 0.1) is 11.3 Å². The van der Waals surface area contributed by atoms with Crippen molar-refractivity contribution in [2.45, 2.75) is 12.3 Å². The SMILES string of the molecule is C=NC(=NC(=NC1=CC2(C)C=CC=CC2C=C1)c1ccc2ccccc2c1)n1c2ccccc2c2ccc(C3(c4ccccc4)c4ccccc4-c4ccccc43)cc21. The van der Waals surface area contributed by atoms with Crippen molar-refractivity contribution in [2.75, 3.05) is 0 Å². The zero-order valence-electron chi connectivity index (χ0n) is 32.7. The fourth-order valence-electron chi connectivity index (χ4n) is 9.81. The van der Waals surface area contributed by atoms with E-state index < -0.39 is 5.41 Å². The van der Waals surface area contributed by atoms with Gasteiger partial charge in [0.25, 0.3) is 0 Å². The Kier molecular flexibility index (Phi) is 8.02. The molecular formula is C55H40N4. The summed E-state index contributed by atoms with van der Waals surface area (Å²) >= 11 is 0. The summed E-state index contributed by atoms with van der Waals surface area (Å²) in [5.74, 6) is 1.29. The van der Waals surface area contributed by atoms with Gasteiger partial charge >= 0.3 is 0 Å². The van der Waals surface area contributed by atoms with Crippen molar-refractivity contribution in [3.05, 3.63) is 240 Å². The van der Waals surface area contributed by atoms with E-state index in [0.717, 1.165) is 43.8 Å². The van der Waals surface area contributed by atoms with E-state index in [2.05, 4.69) is 225 Å². The largest absolute Gasteiger partial charge is 0.278 e. The van der Waals surface area contributed by atoms with Crippen LogP contribution in [0.4, 0.5) is 0 Å². The Hall–Kier alpha value is -7.43. The van der Waals surface area contributed by atoms with Crippen LogP contribution in [0.1, 0.15) is 34.7 Å². The molecule has 0 amide bonds. The lowest BCUT2D eigenvalue weighted by Gasteiger charge is -2.34. The van der Waals surface area contributed by atoms with Gasteiger partial charge in [-0.25, -0.2) is 9.98 Å². The van der Waals surface area contributed by atoms with Crippen molar-refractivity contribution in [1.82, 2.24) is 4.57 Å². The topological polar surface area (TPSA) is 42.0 Å². The molecule has 8 aromatic rings. The highest BCUT2D eigenvalue weighted by atomic mass is 15.2. The standard InChI is InChI=1S/C55H40N4/c1-54-33-15-14-18-40(54)29-31-43(36-54)57-52(39-28-27-37-16-6-7-17-38(37)34-39)58-53(56-2)59-50-26-13-10-23-46(50)47-32-30-42(35-51(47)59)55(41-19-4-3-5-20-41)48-24-11-8-21-44(48)45-22-9-12-25-49(45)55/h3-36,40H,2H2,1H3. The summed E-state index contributed by atoms with van der Waals surface area (Å²) in [5, 5.41) is 4.50. The zero-order chi connectivity index (χ0) is 39.6. The molecule has 0 saturated heterocycles. The number of benzene rings is 7. The van der Waals surface area contributed by atoms with Crippen LogP contribution in [0.5, 0.6) is 0 Å². The van der Waals surface area contributed by atoms with E-state index in [1.807, 2.05) is 0 Å². The second-order valence-corrected chi connectivity index (χ2v) is 15.9. The monoisotopic (exact) mass is 756 g/mol. The lowest BCUT2D eigenvalue weighted by Crippen LogP contribution is -2.28. The molecule has 280 valence electrons. The normalized spacial score (nSPS) is 19.1. The maximum absolute atomic E-state index is 5.40. The summed E-state index contributed by atoms with van der Waals surface area (Å²) in [6.45, 7) is 6.41. The molecule has 3 aliphatic rings. The highest BCUT2D eigenvalue weighted by molar-refractivity contribution is 6.17. The van der Waals surface area contributed by atoms with Gasteiger partial charge in [0.1, 0.15) is 0 Å². The van der Waals surface area contributed by atoms with E-state index in [4.69, 9.17) is 15.0 Å². The first-order valence-corrected chi connectivity index (χ1v) is 20.2. The van der Waals surface area contributed by atoms with Crippen LogP contribution >= 0.6 is 0 Å². The van der Waals surface area contributed by atoms with Gasteiger partial charge in [0.2, 0.25) is 5.96 Å². The highest BCUT2D eigenvalue weighted by Gasteiger charge is 2.46. The van der Waals surface area contributed by atoms with Crippen LogP contribution in [0.2, 0.25) is 0 Å². The van der Waals surface area contributed by atoms with Crippen molar-refractivity contribution in [1.29, 1.82) is 0 Å². The van der Waals surface area contributed by atoms with Gasteiger partial charge in [0.15, 0.2) is 5.84 Å². The number of aromatic nitrogens is 1. The van der Waals surface area contributed by atoms with E-state index in [1.165, 1.54) is 33.4 Å². The molecule has 4 nitrogen and oxygen atoms in total. The smallest absolute Gasteiger partial charge is 0.236 e. The number of nitrogens with zero attached hydrogens (tertiary/aromatic N) is 4. The van der Waals surface area contributed by atoms with Gasteiger partial charge in [-0.3, -0.25) is 4.57 Å². The number of hydrogen-bond acceptors (Lipinski definition) is 1. The summed E-state index contributed by atoms with van der Waals surface area (Å²) in [5.41, 5.74) is 10.4. The van der Waals surface area contributed by atoms with Gasteiger partial charge in [0.05, 0.1) is 22.1 Å². The zero-order valence-corrected chi connectivity index (χ0v) is 32.7. The van der Waals surface area contributed by atoms with Crippen molar-refractivity contribution in [2.24, 2.45) is 26.3 Å². The Morgan fingerprint density at radius 2 is 1.31 bits per heavy atom. The summed E-state index contributed by atoms with van der Waals surface area (Å²) in [4.78, 5) is 15.5. The summed E-state index contributed by atoms with van der Waals surface area (Å²) in [7, 11) is 0. The van der Waals surface area contributed by atoms with Crippen molar-refractivity contribution in [3.63, 3.8) is 0 Å². The molecule has 1 heterocycles. The molecule has 7 aromatic carbocycles. The van der Waals surface area contributed by atoms with Crippen molar-refractivity contribution in [3.8, 4) is 11.1 Å². The molecule has 3 aliphatic carbocycles. The van der Waals surface area contributed by atoms with Gasteiger partial charge in [0, 0.05) is 27.7 Å². The molecular weight excluding hydrogens is 717 g/mol. The maximum Gasteiger partial charge on any atom is 0.236 e. The van der Waals surface area contributed by atoms with E-state index in [0.29, 0.717) is 11.8 Å². The second-order valence-electron chi connectivity index (χ2n) is 15.9. The number of amidine groups is 1. The minimum Gasteiger partial charge on any atom is -0.278 e. The predicted molar refractivity (Wildman–Crippen MR) is 247 cm³/mol. The third-order valence-corrected chi connectivity index (χ3v) is 12.6. The number of allylic oxidation sites excluding steroid dienone is 7. The van der Waals surface area contributed by atoms with Crippen LogP contribution in [0.15, 0.2) is 227 Å². The number of para-hydroxylation sites is 1.